The van der Waals surface area contributed by atoms with Gasteiger partial charge in [0, 0.05) is 17.2 Å². The van der Waals surface area contributed by atoms with E-state index in [0.717, 1.165) is 4.47 Å². The molecule has 21 heavy (non-hydrogen) atoms. The maximum Gasteiger partial charge on any atom is 0.265 e. The number of nitrogens with two attached hydrogens (primary N) is 1. The summed E-state index contributed by atoms with van der Waals surface area (Å²) >= 11 is 3.29. The van der Waals surface area contributed by atoms with Gasteiger partial charge in [-0.3, -0.25) is 9.40 Å². The summed E-state index contributed by atoms with van der Waals surface area (Å²) in [6, 6.07) is 5.05. The highest BCUT2D eigenvalue weighted by molar-refractivity contribution is 9.10. The van der Waals surface area contributed by atoms with Gasteiger partial charge < -0.3 is 10.5 Å². The van der Waals surface area contributed by atoms with E-state index in [1.54, 1.807) is 18.2 Å². The second-order valence-electron chi connectivity index (χ2n) is 4.18. The van der Waals surface area contributed by atoms with Crippen LogP contribution in [0.2, 0.25) is 0 Å². The van der Waals surface area contributed by atoms with Gasteiger partial charge in [0.25, 0.3) is 10.0 Å². The Labute approximate surface area is 131 Å². The van der Waals surface area contributed by atoms with Gasteiger partial charge >= 0.3 is 0 Å². The summed E-state index contributed by atoms with van der Waals surface area (Å²) in [4.78, 5) is 0.0676. The number of nitrogens with zero attached hydrogens (tertiary/aromatic N) is 2. The molecule has 0 radical (unpaired) electrons. The summed E-state index contributed by atoms with van der Waals surface area (Å²) in [6.07, 6.45) is 2.71. The predicted molar refractivity (Wildman–Crippen MR) is 82.8 cm³/mol. The fourth-order valence-corrected chi connectivity index (χ4v) is 3.08. The first-order valence-corrected chi connectivity index (χ1v) is 8.33. The number of nitrogens with one attached hydrogen (secondary N) is 1. The lowest BCUT2D eigenvalue weighted by Crippen LogP contribution is -2.13. The number of sulfonamides is 1. The minimum atomic E-state index is -3.74. The monoisotopic (exact) mass is 374 g/mol. The summed E-state index contributed by atoms with van der Waals surface area (Å²) < 4.78 is 34.5. The molecule has 2 aromatic rings. The predicted octanol–water partition coefficient (Wildman–Crippen LogP) is 1.41. The largest absolute Gasteiger partial charge is 0.495 e. The van der Waals surface area contributed by atoms with Gasteiger partial charge in [0.05, 0.1) is 25.5 Å². The van der Waals surface area contributed by atoms with Gasteiger partial charge in [-0.15, -0.1) is 0 Å². The number of methoxy groups -OCH3 is 1. The van der Waals surface area contributed by atoms with E-state index in [-0.39, 0.29) is 4.90 Å². The molecule has 0 amide bonds. The Bertz CT molecular complexity index is 730. The molecule has 0 unspecified atom stereocenters. The highest BCUT2D eigenvalue weighted by atomic mass is 79.9. The second-order valence-corrected chi connectivity index (χ2v) is 6.78. The van der Waals surface area contributed by atoms with Gasteiger partial charge in [-0.2, -0.15) is 5.10 Å². The molecule has 0 aliphatic carbocycles. The third-order valence-electron chi connectivity index (χ3n) is 2.68. The van der Waals surface area contributed by atoms with Gasteiger partial charge in [0.1, 0.15) is 10.6 Å². The number of hydrogen-bond donors (Lipinski definition) is 2. The Morgan fingerprint density at radius 2 is 2.24 bits per heavy atom. The molecule has 3 N–H and O–H groups in total. The van der Waals surface area contributed by atoms with Crippen LogP contribution in [0.5, 0.6) is 5.75 Å². The lowest BCUT2D eigenvalue weighted by atomic mass is 10.3. The smallest absolute Gasteiger partial charge is 0.265 e. The fourth-order valence-electron chi connectivity index (χ4n) is 1.70. The average molecular weight is 375 g/mol. The van der Waals surface area contributed by atoms with E-state index in [1.807, 2.05) is 0 Å². The Morgan fingerprint density at radius 1 is 1.48 bits per heavy atom. The molecule has 0 atom stereocenters. The Morgan fingerprint density at radius 3 is 2.90 bits per heavy atom. The van der Waals surface area contributed by atoms with Crippen molar-refractivity contribution < 1.29 is 13.2 Å². The molecule has 1 heterocycles. The van der Waals surface area contributed by atoms with Crippen LogP contribution >= 0.6 is 15.9 Å². The van der Waals surface area contributed by atoms with E-state index in [4.69, 9.17) is 10.5 Å². The van der Waals surface area contributed by atoms with E-state index < -0.39 is 10.0 Å². The lowest BCUT2D eigenvalue weighted by Gasteiger charge is -2.11. The van der Waals surface area contributed by atoms with Gasteiger partial charge in [-0.05, 0) is 18.2 Å². The molecule has 0 aliphatic rings. The van der Waals surface area contributed by atoms with Crippen molar-refractivity contribution in [1.29, 1.82) is 0 Å². The van der Waals surface area contributed by atoms with E-state index >= 15 is 0 Å². The molecule has 0 aliphatic heterocycles. The first-order valence-electron chi connectivity index (χ1n) is 6.05. The number of aromatic nitrogens is 2. The van der Waals surface area contributed by atoms with E-state index in [2.05, 4.69) is 25.8 Å². The number of ether oxygens (including phenoxy) is 1. The number of anilines is 1. The molecule has 1 aromatic heterocycles. The van der Waals surface area contributed by atoms with Crippen molar-refractivity contribution >= 4 is 31.6 Å². The van der Waals surface area contributed by atoms with Crippen LogP contribution in [-0.4, -0.2) is 31.9 Å². The highest BCUT2D eigenvalue weighted by Gasteiger charge is 2.18. The van der Waals surface area contributed by atoms with Crippen LogP contribution in [0.15, 0.2) is 40.0 Å². The lowest BCUT2D eigenvalue weighted by molar-refractivity contribution is 0.417. The van der Waals surface area contributed by atoms with E-state index in [1.165, 1.54) is 24.2 Å². The quantitative estimate of drug-likeness (QED) is 0.796. The molecular formula is C12H15BrN4O3S. The third-order valence-corrected chi connectivity index (χ3v) is 4.50. The standard InChI is InChI=1S/C12H15BrN4O3S/c1-20-12-3-2-9(13)6-11(12)16-21(18,19)10-7-15-17(8-10)5-4-14/h2-3,6-8,16H,4-5,14H2,1H3. The van der Waals surface area contributed by atoms with Gasteiger partial charge in [-0.1, -0.05) is 15.9 Å². The van der Waals surface area contributed by atoms with Crippen molar-refractivity contribution in [2.75, 3.05) is 18.4 Å². The zero-order valence-corrected chi connectivity index (χ0v) is 13.7. The number of benzene rings is 1. The van der Waals surface area contributed by atoms with Gasteiger partial charge in [-0.25, -0.2) is 8.42 Å². The van der Waals surface area contributed by atoms with Crippen LogP contribution in [0, 0.1) is 0 Å². The maximum atomic E-state index is 12.3. The van der Waals surface area contributed by atoms with Crippen LogP contribution in [-0.2, 0) is 16.6 Å². The third kappa shape index (κ3) is 3.74. The Kier molecular flexibility index (Phi) is 4.86. The topological polar surface area (TPSA) is 99.2 Å². The van der Waals surface area contributed by atoms with E-state index in [9.17, 15) is 8.42 Å². The molecular weight excluding hydrogens is 360 g/mol. The Balaban J connectivity index is 2.30. The summed E-state index contributed by atoms with van der Waals surface area (Å²) in [6.45, 7) is 0.837. The van der Waals surface area contributed by atoms with Crippen molar-refractivity contribution in [1.82, 2.24) is 9.78 Å². The molecule has 114 valence electrons. The fraction of sp³-hybridized carbons (Fsp3) is 0.250. The SMILES string of the molecule is COc1ccc(Br)cc1NS(=O)(=O)c1cnn(CCN)c1. The number of rotatable bonds is 6. The molecule has 7 nitrogen and oxygen atoms in total. The zero-order chi connectivity index (χ0) is 15.5. The maximum absolute atomic E-state index is 12.3. The summed E-state index contributed by atoms with van der Waals surface area (Å²) in [5.74, 6) is 0.427. The summed E-state index contributed by atoms with van der Waals surface area (Å²) in [5.41, 5.74) is 5.76. The Hall–Kier alpha value is -1.58. The molecule has 0 bridgehead atoms. The molecule has 0 spiro atoms. The van der Waals surface area contributed by atoms with Crippen LogP contribution < -0.4 is 15.2 Å². The summed E-state index contributed by atoms with van der Waals surface area (Å²) in [5, 5.41) is 3.95. The first-order chi connectivity index (χ1) is 9.96. The van der Waals surface area contributed by atoms with Crippen molar-refractivity contribution in [3.8, 4) is 5.75 Å². The van der Waals surface area contributed by atoms with Crippen molar-refractivity contribution in [3.05, 3.63) is 35.1 Å². The molecule has 9 heteroatoms. The van der Waals surface area contributed by atoms with Crippen LogP contribution in [0.1, 0.15) is 0 Å². The summed E-state index contributed by atoms with van der Waals surface area (Å²) in [7, 11) is -2.26. The second kappa shape index (κ2) is 6.46. The minimum Gasteiger partial charge on any atom is -0.495 e. The number of hydrogen-bond acceptors (Lipinski definition) is 5. The van der Waals surface area contributed by atoms with Gasteiger partial charge in [0.2, 0.25) is 0 Å². The van der Waals surface area contributed by atoms with Crippen molar-refractivity contribution in [2.45, 2.75) is 11.4 Å². The van der Waals surface area contributed by atoms with Gasteiger partial charge in [0.15, 0.2) is 0 Å². The molecule has 0 saturated carbocycles. The normalized spacial score (nSPS) is 11.4. The molecule has 0 fully saturated rings. The molecule has 2 rings (SSSR count). The van der Waals surface area contributed by atoms with Crippen LogP contribution in [0.4, 0.5) is 5.69 Å². The van der Waals surface area contributed by atoms with E-state index in [0.29, 0.717) is 24.5 Å². The van der Waals surface area contributed by atoms with Crippen LogP contribution in [0.3, 0.4) is 0 Å². The first kappa shape index (κ1) is 15.8. The van der Waals surface area contributed by atoms with Crippen LogP contribution in [0.25, 0.3) is 0 Å². The van der Waals surface area contributed by atoms with Crippen molar-refractivity contribution in [2.24, 2.45) is 5.73 Å². The minimum absolute atomic E-state index is 0.0676. The number of halogens is 1. The molecule has 1 aromatic carbocycles. The average Bonchev–Trinajstić information content (AvgIpc) is 2.88. The molecule has 0 saturated heterocycles. The van der Waals surface area contributed by atoms with Crippen molar-refractivity contribution in [3.63, 3.8) is 0 Å². The zero-order valence-electron chi connectivity index (χ0n) is 11.3. The highest BCUT2D eigenvalue weighted by Crippen LogP contribution is 2.29.